The molecule has 0 bridgehead atoms. The van der Waals surface area contributed by atoms with E-state index in [1.807, 2.05) is 19.0 Å². The number of likely N-dealkylation sites (N-methyl/N-ethyl adjacent to an activating group) is 1. The summed E-state index contributed by atoms with van der Waals surface area (Å²) in [5.41, 5.74) is 1.39. The first kappa shape index (κ1) is 23.2. The summed E-state index contributed by atoms with van der Waals surface area (Å²) < 4.78 is 18.8. The number of nitrogens with zero attached hydrogens (tertiary/aromatic N) is 2. The van der Waals surface area contributed by atoms with Crippen molar-refractivity contribution in [1.29, 1.82) is 0 Å². The van der Waals surface area contributed by atoms with Crippen LogP contribution in [0.5, 0.6) is 0 Å². The van der Waals surface area contributed by atoms with E-state index in [2.05, 4.69) is 4.98 Å². The highest BCUT2D eigenvalue weighted by Crippen LogP contribution is 2.40. The van der Waals surface area contributed by atoms with Crippen molar-refractivity contribution in [1.82, 2.24) is 14.8 Å². The van der Waals surface area contributed by atoms with Gasteiger partial charge in [0.05, 0.1) is 18.7 Å². The SMILES string of the molecule is COC(=O)c1[nH]c(C)c(C(O)=C2C(=O)C(=O)N(CCN(C)C)[C@H]2c2cccc(F)c2)c1C. The molecule has 1 aliphatic heterocycles. The summed E-state index contributed by atoms with van der Waals surface area (Å²) in [4.78, 5) is 44.1. The molecule has 0 unspecified atom stereocenters. The van der Waals surface area contributed by atoms with Crippen molar-refractivity contribution in [3.05, 3.63) is 63.7 Å². The number of aromatic nitrogens is 1. The maximum Gasteiger partial charge on any atom is 0.354 e. The molecule has 8 nitrogen and oxygen atoms in total. The van der Waals surface area contributed by atoms with Crippen LogP contribution in [0.4, 0.5) is 4.39 Å². The first-order chi connectivity index (χ1) is 15.1. The number of halogens is 1. The minimum absolute atomic E-state index is 0.135. The molecule has 0 aliphatic carbocycles. The van der Waals surface area contributed by atoms with E-state index in [9.17, 15) is 23.9 Å². The standard InChI is InChI=1S/C23H26FN3O5/c1-12-16(13(2)25-18(12)23(31)32-5)20(28)17-19(14-7-6-8-15(24)11-14)27(10-9-26(3)4)22(30)21(17)29/h6-8,11,19,25,28H,9-10H2,1-5H3/t19-/m0/s1. The number of Topliss-reactive ketones (excluding diaryl/α,β-unsaturated/α-hetero) is 1. The molecule has 1 atom stereocenters. The van der Waals surface area contributed by atoms with Crippen LogP contribution in [0.15, 0.2) is 29.8 Å². The number of ketones is 1. The highest BCUT2D eigenvalue weighted by atomic mass is 19.1. The number of carbonyl (C=O) groups is 3. The second-order valence-electron chi connectivity index (χ2n) is 7.97. The van der Waals surface area contributed by atoms with Gasteiger partial charge in [-0.1, -0.05) is 12.1 Å². The number of rotatable bonds is 6. The number of aromatic amines is 1. The summed E-state index contributed by atoms with van der Waals surface area (Å²) in [5, 5.41) is 11.2. The lowest BCUT2D eigenvalue weighted by atomic mass is 9.94. The van der Waals surface area contributed by atoms with E-state index < -0.39 is 35.3 Å². The van der Waals surface area contributed by atoms with Crippen molar-refractivity contribution in [3.63, 3.8) is 0 Å². The summed E-state index contributed by atoms with van der Waals surface area (Å²) in [6.07, 6.45) is 0. The number of aliphatic hydroxyl groups is 1. The first-order valence-corrected chi connectivity index (χ1v) is 10.0. The molecule has 1 aliphatic rings. The highest BCUT2D eigenvalue weighted by Gasteiger charge is 2.46. The summed E-state index contributed by atoms with van der Waals surface area (Å²) in [6.45, 7) is 3.90. The predicted octanol–water partition coefficient (Wildman–Crippen LogP) is 2.54. The van der Waals surface area contributed by atoms with E-state index in [1.54, 1.807) is 19.9 Å². The quantitative estimate of drug-likeness (QED) is 0.308. The zero-order valence-electron chi connectivity index (χ0n) is 18.7. The Morgan fingerprint density at radius 2 is 1.97 bits per heavy atom. The predicted molar refractivity (Wildman–Crippen MR) is 116 cm³/mol. The number of aryl methyl sites for hydroxylation is 1. The molecule has 1 aromatic heterocycles. The van der Waals surface area contributed by atoms with Gasteiger partial charge in [0.2, 0.25) is 0 Å². The number of carbonyl (C=O) groups excluding carboxylic acids is 3. The fourth-order valence-electron chi connectivity index (χ4n) is 3.99. The number of methoxy groups -OCH3 is 1. The minimum atomic E-state index is -0.971. The Bertz CT molecular complexity index is 1120. The lowest BCUT2D eigenvalue weighted by molar-refractivity contribution is -0.140. The molecule has 1 saturated heterocycles. The molecular weight excluding hydrogens is 417 g/mol. The molecule has 1 aromatic carbocycles. The fourth-order valence-corrected chi connectivity index (χ4v) is 3.99. The number of ether oxygens (including phenoxy) is 1. The Balaban J connectivity index is 2.23. The second-order valence-corrected chi connectivity index (χ2v) is 7.97. The Labute approximate surface area is 185 Å². The van der Waals surface area contributed by atoms with Gasteiger partial charge < -0.3 is 24.6 Å². The van der Waals surface area contributed by atoms with Crippen LogP contribution in [0, 0.1) is 19.7 Å². The van der Waals surface area contributed by atoms with Crippen LogP contribution in [0.1, 0.15) is 38.9 Å². The molecule has 3 rings (SSSR count). The van der Waals surface area contributed by atoms with Crippen LogP contribution in [-0.2, 0) is 14.3 Å². The van der Waals surface area contributed by atoms with Crippen LogP contribution in [0.25, 0.3) is 5.76 Å². The highest BCUT2D eigenvalue weighted by molar-refractivity contribution is 6.46. The van der Waals surface area contributed by atoms with Gasteiger partial charge in [0.25, 0.3) is 11.7 Å². The van der Waals surface area contributed by atoms with Gasteiger partial charge in [-0.2, -0.15) is 0 Å². The maximum atomic E-state index is 14.0. The largest absolute Gasteiger partial charge is 0.507 e. The monoisotopic (exact) mass is 443 g/mol. The fraction of sp³-hybridized carbons (Fsp3) is 0.348. The first-order valence-electron chi connectivity index (χ1n) is 10.0. The smallest absolute Gasteiger partial charge is 0.354 e. The molecule has 2 heterocycles. The van der Waals surface area contributed by atoms with Crippen molar-refractivity contribution >= 4 is 23.4 Å². The molecule has 170 valence electrons. The van der Waals surface area contributed by atoms with Gasteiger partial charge >= 0.3 is 5.97 Å². The van der Waals surface area contributed by atoms with Gasteiger partial charge in [-0.05, 0) is 51.2 Å². The number of esters is 1. The Kier molecular flexibility index (Phi) is 6.50. The van der Waals surface area contributed by atoms with Gasteiger partial charge in [0.15, 0.2) is 0 Å². The molecular formula is C23H26FN3O5. The summed E-state index contributed by atoms with van der Waals surface area (Å²) in [6, 6.07) is 4.62. The van der Waals surface area contributed by atoms with Crippen LogP contribution >= 0.6 is 0 Å². The molecule has 0 spiro atoms. The number of hydrogen-bond donors (Lipinski definition) is 2. The van der Waals surface area contributed by atoms with Gasteiger partial charge in [-0.25, -0.2) is 9.18 Å². The third kappa shape index (κ3) is 4.03. The van der Waals surface area contributed by atoms with E-state index in [4.69, 9.17) is 4.74 Å². The average Bonchev–Trinajstić information content (AvgIpc) is 3.18. The lowest BCUT2D eigenvalue weighted by Gasteiger charge is -2.26. The maximum absolute atomic E-state index is 14.0. The molecule has 1 amide bonds. The van der Waals surface area contributed by atoms with Crippen molar-refractivity contribution < 1.29 is 28.6 Å². The molecule has 2 aromatic rings. The lowest BCUT2D eigenvalue weighted by Crippen LogP contribution is -2.35. The number of aliphatic hydroxyl groups excluding tert-OH is 1. The van der Waals surface area contributed by atoms with Crippen molar-refractivity contribution in [2.45, 2.75) is 19.9 Å². The zero-order chi connectivity index (χ0) is 23.7. The van der Waals surface area contributed by atoms with Crippen LogP contribution < -0.4 is 0 Å². The van der Waals surface area contributed by atoms with Crippen molar-refractivity contribution in [2.75, 3.05) is 34.3 Å². The summed E-state index contributed by atoms with van der Waals surface area (Å²) >= 11 is 0. The normalized spacial score (nSPS) is 18.0. The van der Waals surface area contributed by atoms with Crippen LogP contribution in [0.2, 0.25) is 0 Å². The number of nitrogens with one attached hydrogen (secondary N) is 1. The number of benzene rings is 1. The van der Waals surface area contributed by atoms with E-state index >= 15 is 0 Å². The molecule has 9 heteroatoms. The summed E-state index contributed by atoms with van der Waals surface area (Å²) in [7, 11) is 4.89. The minimum Gasteiger partial charge on any atom is -0.507 e. The molecule has 0 saturated carbocycles. The molecule has 32 heavy (non-hydrogen) atoms. The molecule has 2 N–H and O–H groups in total. The summed E-state index contributed by atoms with van der Waals surface area (Å²) in [5.74, 6) is -3.22. The Morgan fingerprint density at radius 3 is 2.56 bits per heavy atom. The van der Waals surface area contributed by atoms with Gasteiger partial charge in [-0.3, -0.25) is 9.59 Å². The zero-order valence-corrected chi connectivity index (χ0v) is 18.7. The second kappa shape index (κ2) is 8.96. The third-order valence-electron chi connectivity index (χ3n) is 5.56. The Morgan fingerprint density at radius 1 is 1.28 bits per heavy atom. The van der Waals surface area contributed by atoms with E-state index in [-0.39, 0.29) is 23.4 Å². The topological polar surface area (TPSA) is 103 Å². The number of likely N-dealkylation sites (tertiary alicyclic amines) is 1. The van der Waals surface area contributed by atoms with Gasteiger partial charge in [0, 0.05) is 24.3 Å². The molecule has 1 fully saturated rings. The molecule has 0 radical (unpaired) electrons. The third-order valence-corrected chi connectivity index (χ3v) is 5.56. The van der Waals surface area contributed by atoms with E-state index in [1.165, 1.54) is 30.2 Å². The number of amides is 1. The number of H-pyrrole nitrogens is 1. The van der Waals surface area contributed by atoms with Crippen molar-refractivity contribution in [2.24, 2.45) is 0 Å². The average molecular weight is 443 g/mol. The van der Waals surface area contributed by atoms with Gasteiger partial charge in [-0.15, -0.1) is 0 Å². The van der Waals surface area contributed by atoms with E-state index in [0.29, 0.717) is 23.4 Å². The van der Waals surface area contributed by atoms with E-state index in [0.717, 1.165) is 0 Å². The number of hydrogen-bond acceptors (Lipinski definition) is 6. The van der Waals surface area contributed by atoms with Crippen molar-refractivity contribution in [3.8, 4) is 0 Å². The Hall–Kier alpha value is -3.46. The van der Waals surface area contributed by atoms with Gasteiger partial charge in [0.1, 0.15) is 17.3 Å². The van der Waals surface area contributed by atoms with Crippen LogP contribution in [-0.4, -0.2) is 71.8 Å². The van der Waals surface area contributed by atoms with Crippen LogP contribution in [0.3, 0.4) is 0 Å².